The molecule has 1 unspecified atom stereocenters. The Kier molecular flexibility index (Phi) is 4.89. The molecule has 1 heterocycles. The van der Waals surface area contributed by atoms with E-state index in [4.69, 9.17) is 15.9 Å². The molecule has 0 saturated carbocycles. The van der Waals surface area contributed by atoms with Crippen molar-refractivity contribution in [3.05, 3.63) is 48.0 Å². The fourth-order valence-electron chi connectivity index (χ4n) is 3.16. The molecule has 2 aromatic carbocycles. The Morgan fingerprint density at radius 2 is 2.17 bits per heavy atom. The summed E-state index contributed by atoms with van der Waals surface area (Å²) < 4.78 is 5.33. The first-order valence-electron chi connectivity index (χ1n) is 8.25. The molecular formula is C19H24N4O. The number of piperidine rings is 1. The zero-order valence-corrected chi connectivity index (χ0v) is 14.0. The number of nitrogens with two attached hydrogens (primary N) is 1. The lowest BCUT2D eigenvalue weighted by Gasteiger charge is -2.35. The van der Waals surface area contributed by atoms with Crippen LogP contribution in [0.2, 0.25) is 0 Å². The minimum atomic E-state index is 0.368. The van der Waals surface area contributed by atoms with Gasteiger partial charge in [0, 0.05) is 54.0 Å². The van der Waals surface area contributed by atoms with Crippen molar-refractivity contribution in [2.75, 3.05) is 36.1 Å². The SMILES string of the molecule is COc1cccc(N2CCCC(Nc3ccc(N)c(C=N)c3)C2)c1. The van der Waals surface area contributed by atoms with Crippen LogP contribution >= 0.6 is 0 Å². The van der Waals surface area contributed by atoms with Crippen LogP contribution in [0.4, 0.5) is 17.1 Å². The fourth-order valence-corrected chi connectivity index (χ4v) is 3.16. The number of ether oxygens (including phenoxy) is 1. The number of nitrogen functional groups attached to an aromatic ring is 1. The van der Waals surface area contributed by atoms with E-state index in [1.165, 1.54) is 11.9 Å². The van der Waals surface area contributed by atoms with E-state index < -0.39 is 0 Å². The van der Waals surface area contributed by atoms with Gasteiger partial charge in [-0.25, -0.2) is 0 Å². The van der Waals surface area contributed by atoms with Crippen LogP contribution in [0.25, 0.3) is 0 Å². The molecule has 0 aliphatic carbocycles. The number of rotatable bonds is 5. The summed E-state index contributed by atoms with van der Waals surface area (Å²) in [6.45, 7) is 2.00. The summed E-state index contributed by atoms with van der Waals surface area (Å²) >= 11 is 0. The Hall–Kier alpha value is -2.69. The van der Waals surface area contributed by atoms with Crippen molar-refractivity contribution in [3.8, 4) is 5.75 Å². The Bertz CT molecular complexity index is 716. The maximum absolute atomic E-state index is 7.43. The highest BCUT2D eigenvalue weighted by atomic mass is 16.5. The molecule has 3 rings (SSSR count). The highest BCUT2D eigenvalue weighted by Gasteiger charge is 2.20. The van der Waals surface area contributed by atoms with Crippen molar-refractivity contribution in [2.24, 2.45) is 0 Å². The first-order chi connectivity index (χ1) is 11.7. The zero-order chi connectivity index (χ0) is 16.9. The number of nitrogens with zero attached hydrogens (tertiary/aromatic N) is 1. The molecule has 0 spiro atoms. The third kappa shape index (κ3) is 3.62. The molecule has 1 aliphatic rings. The highest BCUT2D eigenvalue weighted by molar-refractivity contribution is 5.86. The van der Waals surface area contributed by atoms with E-state index in [0.717, 1.165) is 42.9 Å². The lowest BCUT2D eigenvalue weighted by Crippen LogP contribution is -2.42. The van der Waals surface area contributed by atoms with Crippen molar-refractivity contribution in [2.45, 2.75) is 18.9 Å². The van der Waals surface area contributed by atoms with Crippen molar-refractivity contribution in [1.29, 1.82) is 5.41 Å². The van der Waals surface area contributed by atoms with Gasteiger partial charge in [0.15, 0.2) is 0 Å². The second-order valence-corrected chi connectivity index (χ2v) is 6.12. The average Bonchev–Trinajstić information content (AvgIpc) is 2.63. The molecule has 1 aliphatic heterocycles. The number of benzene rings is 2. The maximum Gasteiger partial charge on any atom is 0.120 e. The molecular weight excluding hydrogens is 300 g/mol. The molecule has 2 aromatic rings. The monoisotopic (exact) mass is 324 g/mol. The van der Waals surface area contributed by atoms with Gasteiger partial charge in [0.05, 0.1) is 7.11 Å². The largest absolute Gasteiger partial charge is 0.497 e. The van der Waals surface area contributed by atoms with Gasteiger partial charge in [0.25, 0.3) is 0 Å². The first-order valence-corrected chi connectivity index (χ1v) is 8.25. The minimum absolute atomic E-state index is 0.368. The van der Waals surface area contributed by atoms with Gasteiger partial charge in [0.2, 0.25) is 0 Å². The van der Waals surface area contributed by atoms with Gasteiger partial charge in [-0.15, -0.1) is 0 Å². The van der Waals surface area contributed by atoms with Gasteiger partial charge >= 0.3 is 0 Å². The number of anilines is 3. The predicted molar refractivity (Wildman–Crippen MR) is 101 cm³/mol. The van der Waals surface area contributed by atoms with Crippen LogP contribution in [0, 0.1) is 5.41 Å². The summed E-state index contributed by atoms with van der Waals surface area (Å²) in [6, 6.07) is 14.3. The third-order valence-electron chi connectivity index (χ3n) is 4.45. The number of hydrogen-bond acceptors (Lipinski definition) is 5. The second kappa shape index (κ2) is 7.25. The molecule has 0 amide bonds. The first kappa shape index (κ1) is 16.2. The lowest BCUT2D eigenvalue weighted by atomic mass is 10.0. The topological polar surface area (TPSA) is 74.4 Å². The fraction of sp³-hybridized carbons (Fsp3) is 0.316. The van der Waals surface area contributed by atoms with Gasteiger partial charge in [0.1, 0.15) is 5.75 Å². The van der Waals surface area contributed by atoms with Gasteiger partial charge in [-0.2, -0.15) is 0 Å². The standard InChI is InChI=1S/C19H24N4O/c1-24-18-6-2-5-17(11-18)23-9-3-4-16(13-23)22-15-7-8-19(21)14(10-15)12-20/h2,5-8,10-12,16,20,22H,3-4,9,13,21H2,1H3. The molecule has 1 saturated heterocycles. The van der Waals surface area contributed by atoms with Crippen molar-refractivity contribution >= 4 is 23.3 Å². The molecule has 5 nitrogen and oxygen atoms in total. The van der Waals surface area contributed by atoms with E-state index in [1.807, 2.05) is 30.3 Å². The number of nitrogens with one attached hydrogen (secondary N) is 2. The van der Waals surface area contributed by atoms with E-state index in [2.05, 4.69) is 22.3 Å². The Morgan fingerprint density at radius 3 is 2.96 bits per heavy atom. The Morgan fingerprint density at radius 1 is 1.29 bits per heavy atom. The molecule has 4 N–H and O–H groups in total. The predicted octanol–water partition coefficient (Wildman–Crippen LogP) is 3.36. The smallest absolute Gasteiger partial charge is 0.120 e. The number of hydrogen-bond donors (Lipinski definition) is 3. The van der Waals surface area contributed by atoms with Gasteiger partial charge < -0.3 is 26.1 Å². The molecule has 1 atom stereocenters. The summed E-state index contributed by atoms with van der Waals surface area (Å²) in [4.78, 5) is 2.39. The Balaban J connectivity index is 1.70. The summed E-state index contributed by atoms with van der Waals surface area (Å²) in [6.07, 6.45) is 3.57. The van der Waals surface area contributed by atoms with E-state index in [1.54, 1.807) is 7.11 Å². The molecule has 1 fully saturated rings. The average molecular weight is 324 g/mol. The molecule has 126 valence electrons. The van der Waals surface area contributed by atoms with Crippen LogP contribution in [0.15, 0.2) is 42.5 Å². The van der Waals surface area contributed by atoms with E-state index in [0.29, 0.717) is 11.7 Å². The molecule has 0 aromatic heterocycles. The van der Waals surface area contributed by atoms with Crippen LogP contribution < -0.4 is 20.7 Å². The highest BCUT2D eigenvalue weighted by Crippen LogP contribution is 2.26. The van der Waals surface area contributed by atoms with E-state index in [-0.39, 0.29) is 0 Å². The summed E-state index contributed by atoms with van der Waals surface area (Å²) in [5.74, 6) is 0.886. The summed E-state index contributed by atoms with van der Waals surface area (Å²) in [5, 5.41) is 11.0. The molecule has 24 heavy (non-hydrogen) atoms. The Labute approximate surface area is 142 Å². The normalized spacial score (nSPS) is 17.4. The van der Waals surface area contributed by atoms with Crippen LogP contribution in [0.5, 0.6) is 5.75 Å². The second-order valence-electron chi connectivity index (χ2n) is 6.12. The quantitative estimate of drug-likeness (QED) is 0.582. The van der Waals surface area contributed by atoms with E-state index in [9.17, 15) is 0 Å². The van der Waals surface area contributed by atoms with Crippen LogP contribution in [-0.4, -0.2) is 32.5 Å². The van der Waals surface area contributed by atoms with Crippen LogP contribution in [-0.2, 0) is 0 Å². The van der Waals surface area contributed by atoms with Crippen molar-refractivity contribution in [1.82, 2.24) is 0 Å². The van der Waals surface area contributed by atoms with Gasteiger partial charge in [-0.05, 0) is 43.2 Å². The lowest BCUT2D eigenvalue weighted by molar-refractivity contribution is 0.414. The van der Waals surface area contributed by atoms with Gasteiger partial charge in [-0.3, -0.25) is 0 Å². The molecule has 0 radical (unpaired) electrons. The van der Waals surface area contributed by atoms with Crippen molar-refractivity contribution < 1.29 is 4.74 Å². The summed E-state index contributed by atoms with van der Waals surface area (Å²) in [7, 11) is 1.70. The van der Waals surface area contributed by atoms with Crippen LogP contribution in [0.3, 0.4) is 0 Å². The third-order valence-corrected chi connectivity index (χ3v) is 4.45. The van der Waals surface area contributed by atoms with E-state index >= 15 is 0 Å². The summed E-state index contributed by atoms with van der Waals surface area (Å²) in [5.41, 5.74) is 9.45. The maximum atomic E-state index is 7.43. The van der Waals surface area contributed by atoms with Crippen molar-refractivity contribution in [3.63, 3.8) is 0 Å². The molecule has 5 heteroatoms. The number of methoxy groups -OCH3 is 1. The zero-order valence-electron chi connectivity index (χ0n) is 14.0. The van der Waals surface area contributed by atoms with Gasteiger partial charge in [-0.1, -0.05) is 6.07 Å². The van der Waals surface area contributed by atoms with Crippen LogP contribution in [0.1, 0.15) is 18.4 Å². The minimum Gasteiger partial charge on any atom is -0.497 e. The molecule has 0 bridgehead atoms.